The number of hydrogen-bond acceptors (Lipinski definition) is 7. The van der Waals surface area contributed by atoms with Crippen LogP contribution < -0.4 is 14.8 Å². The van der Waals surface area contributed by atoms with Gasteiger partial charge < -0.3 is 29.2 Å². The quantitative estimate of drug-likeness (QED) is 0.561. The van der Waals surface area contributed by atoms with Gasteiger partial charge in [-0.15, -0.1) is 0 Å². The van der Waals surface area contributed by atoms with Crippen LogP contribution in [0.4, 0.5) is 4.79 Å². The summed E-state index contributed by atoms with van der Waals surface area (Å²) in [5, 5.41) is 2.83. The van der Waals surface area contributed by atoms with Crippen LogP contribution in [-0.2, 0) is 14.3 Å². The zero-order valence-corrected chi connectivity index (χ0v) is 24.0. The van der Waals surface area contributed by atoms with Crippen molar-refractivity contribution in [3.63, 3.8) is 0 Å². The number of fused-ring (bicyclic) bond motifs is 4. The zero-order chi connectivity index (χ0) is 27.0. The number of likely N-dealkylation sites (tertiary alicyclic amines) is 1. The Morgan fingerprint density at radius 1 is 1.30 bits per heavy atom. The maximum atomic E-state index is 13.6. The number of amides is 2. The number of ether oxygens (including phenoxy) is 4. The fraction of sp³-hybridized carbons (Fsp3) is 0.714. The Labute approximate surface area is 225 Å². The van der Waals surface area contributed by atoms with Gasteiger partial charge in [0.05, 0.1) is 19.3 Å². The molecule has 1 aromatic rings. The van der Waals surface area contributed by atoms with Crippen LogP contribution in [-0.4, -0.2) is 72.5 Å². The van der Waals surface area contributed by atoms with Crippen molar-refractivity contribution in [1.82, 2.24) is 10.2 Å². The van der Waals surface area contributed by atoms with Crippen LogP contribution in [0.15, 0.2) is 18.2 Å². The number of thioether (sulfide) groups is 1. The maximum absolute atomic E-state index is 13.6. The van der Waals surface area contributed by atoms with E-state index in [-0.39, 0.29) is 30.0 Å². The fourth-order valence-electron chi connectivity index (χ4n) is 5.78. The van der Waals surface area contributed by atoms with Crippen molar-refractivity contribution >= 4 is 23.8 Å². The van der Waals surface area contributed by atoms with E-state index in [4.69, 9.17) is 18.9 Å². The van der Waals surface area contributed by atoms with E-state index >= 15 is 0 Å². The van der Waals surface area contributed by atoms with E-state index in [2.05, 4.69) is 25.2 Å². The normalized spacial score (nSPS) is 27.1. The lowest BCUT2D eigenvalue weighted by Crippen LogP contribution is -2.58. The summed E-state index contributed by atoms with van der Waals surface area (Å²) < 4.78 is 24.0. The highest BCUT2D eigenvalue weighted by Gasteiger charge is 2.52. The van der Waals surface area contributed by atoms with Gasteiger partial charge in [0.2, 0.25) is 5.91 Å². The third-order valence-electron chi connectivity index (χ3n) is 7.61. The molecule has 0 bridgehead atoms. The Bertz CT molecular complexity index is 993. The molecule has 1 aromatic carbocycles. The zero-order valence-electron chi connectivity index (χ0n) is 23.2. The van der Waals surface area contributed by atoms with E-state index in [1.807, 2.05) is 44.1 Å². The van der Waals surface area contributed by atoms with Gasteiger partial charge in [-0.2, -0.15) is 11.8 Å². The Hall–Kier alpha value is -2.13. The van der Waals surface area contributed by atoms with E-state index in [1.54, 1.807) is 18.9 Å². The van der Waals surface area contributed by atoms with Crippen molar-refractivity contribution in [2.45, 2.75) is 83.3 Å². The Morgan fingerprint density at radius 2 is 2.05 bits per heavy atom. The van der Waals surface area contributed by atoms with Crippen LogP contribution in [0.5, 0.6) is 11.5 Å². The van der Waals surface area contributed by atoms with Crippen LogP contribution in [0.25, 0.3) is 0 Å². The average Bonchev–Trinajstić information content (AvgIpc) is 2.83. The molecule has 9 heteroatoms. The van der Waals surface area contributed by atoms with Crippen LogP contribution in [0.2, 0.25) is 0 Å². The number of nitrogens with zero attached hydrogens (tertiary/aromatic N) is 1. The van der Waals surface area contributed by atoms with E-state index in [0.29, 0.717) is 19.5 Å². The minimum absolute atomic E-state index is 0.0444. The number of nitrogens with one attached hydrogen (secondary N) is 1. The highest BCUT2D eigenvalue weighted by atomic mass is 32.2. The first-order valence-corrected chi connectivity index (χ1v) is 14.6. The molecule has 2 saturated heterocycles. The van der Waals surface area contributed by atoms with Crippen LogP contribution in [0, 0.1) is 11.8 Å². The van der Waals surface area contributed by atoms with Gasteiger partial charge in [-0.05, 0) is 78.0 Å². The lowest BCUT2D eigenvalue weighted by Gasteiger charge is -2.53. The number of methoxy groups -OCH3 is 1. The van der Waals surface area contributed by atoms with Gasteiger partial charge in [-0.3, -0.25) is 4.79 Å². The lowest BCUT2D eigenvalue weighted by atomic mass is 9.70. The summed E-state index contributed by atoms with van der Waals surface area (Å²) >= 11 is 1.66. The minimum Gasteiger partial charge on any atom is -0.497 e. The lowest BCUT2D eigenvalue weighted by molar-refractivity contribution is -0.189. The largest absolute Gasteiger partial charge is 0.497 e. The first-order valence-electron chi connectivity index (χ1n) is 13.2. The number of benzene rings is 1. The summed E-state index contributed by atoms with van der Waals surface area (Å²) in [4.78, 5) is 28.0. The molecular formula is C28H42N2O6S. The molecule has 3 aliphatic rings. The third-order valence-corrected chi connectivity index (χ3v) is 8.26. The Kier molecular flexibility index (Phi) is 8.24. The summed E-state index contributed by atoms with van der Waals surface area (Å²) in [5.41, 5.74) is 0.0330. The topological polar surface area (TPSA) is 86.3 Å². The second-order valence-electron chi connectivity index (χ2n) is 11.9. The van der Waals surface area contributed by atoms with Gasteiger partial charge in [0.15, 0.2) is 0 Å². The summed E-state index contributed by atoms with van der Waals surface area (Å²) in [7, 11) is 1.66. The predicted octanol–water partition coefficient (Wildman–Crippen LogP) is 4.81. The highest BCUT2D eigenvalue weighted by molar-refractivity contribution is 7.98. The van der Waals surface area contributed by atoms with Gasteiger partial charge in [-0.25, -0.2) is 4.79 Å². The molecule has 8 nitrogen and oxygen atoms in total. The standard InChI is InChI=1S/C28H42N2O6S/c1-27(2,3)36-26(32)29-21(11-13-37-7)25(31)30-12-10-22-17(16-30)14-20-24(34-22)19-9-8-18(33-6)15-23(19)35-28(20,4)5/h8-9,15,17,20-22,24H,10-14,16H2,1-7H3,(H,29,32)/t17-,20+,21+,22+,24-/m0/s1. The monoisotopic (exact) mass is 534 g/mol. The first kappa shape index (κ1) is 27.9. The van der Waals surface area contributed by atoms with Crippen molar-refractivity contribution in [3.05, 3.63) is 23.8 Å². The van der Waals surface area contributed by atoms with E-state index in [1.165, 1.54) is 0 Å². The Balaban J connectivity index is 1.46. The van der Waals surface area contributed by atoms with E-state index < -0.39 is 23.3 Å². The molecule has 206 valence electrons. The molecule has 37 heavy (non-hydrogen) atoms. The number of carbonyl (C=O) groups excluding carboxylic acids is 2. The predicted molar refractivity (Wildman–Crippen MR) is 144 cm³/mol. The molecule has 2 fully saturated rings. The molecular weight excluding hydrogens is 492 g/mol. The van der Waals surface area contributed by atoms with Crippen LogP contribution >= 0.6 is 11.8 Å². The molecule has 0 unspecified atom stereocenters. The summed E-state index contributed by atoms with van der Waals surface area (Å²) in [6.07, 6.45) is 3.72. The number of alkyl carbamates (subject to hydrolysis) is 1. The van der Waals surface area contributed by atoms with Gasteiger partial charge in [0.25, 0.3) is 0 Å². The molecule has 3 aliphatic heterocycles. The number of piperidine rings is 1. The minimum atomic E-state index is -0.621. The smallest absolute Gasteiger partial charge is 0.408 e. The molecule has 0 saturated carbocycles. The van der Waals surface area contributed by atoms with E-state index in [9.17, 15) is 9.59 Å². The number of carbonyl (C=O) groups is 2. The Morgan fingerprint density at radius 3 is 2.73 bits per heavy atom. The van der Waals surface area contributed by atoms with Crippen LogP contribution in [0.3, 0.4) is 0 Å². The SMILES string of the molecule is COc1ccc2c(c1)OC(C)(C)[C@@H]1C[C@H]3CN(C(=O)[C@@H](CCSC)NC(=O)OC(C)(C)C)CC[C@H]3O[C@@H]21. The molecule has 1 N–H and O–H groups in total. The van der Waals surface area contributed by atoms with Crippen molar-refractivity contribution in [2.24, 2.45) is 11.8 Å². The van der Waals surface area contributed by atoms with Gasteiger partial charge in [-0.1, -0.05) is 0 Å². The molecule has 4 rings (SSSR count). The molecule has 2 amide bonds. The summed E-state index contributed by atoms with van der Waals surface area (Å²) in [6.45, 7) is 10.9. The van der Waals surface area contributed by atoms with Crippen molar-refractivity contribution < 1.29 is 28.5 Å². The van der Waals surface area contributed by atoms with Gasteiger partial charge in [0, 0.05) is 36.6 Å². The van der Waals surface area contributed by atoms with Gasteiger partial charge in [0.1, 0.15) is 28.7 Å². The molecule has 0 spiro atoms. The fourth-order valence-corrected chi connectivity index (χ4v) is 6.25. The molecule has 0 radical (unpaired) electrons. The van der Waals surface area contributed by atoms with Crippen LogP contribution in [0.1, 0.15) is 65.5 Å². The van der Waals surface area contributed by atoms with Crippen molar-refractivity contribution in [3.8, 4) is 11.5 Å². The first-order chi connectivity index (χ1) is 17.4. The summed E-state index contributed by atoms with van der Waals surface area (Å²) in [5.74, 6) is 2.69. The second-order valence-corrected chi connectivity index (χ2v) is 12.8. The molecule has 0 aromatic heterocycles. The number of hydrogen-bond donors (Lipinski definition) is 1. The molecule has 5 atom stereocenters. The van der Waals surface area contributed by atoms with Gasteiger partial charge >= 0.3 is 6.09 Å². The second kappa shape index (κ2) is 10.9. The summed E-state index contributed by atoms with van der Waals surface area (Å²) in [6, 6.07) is 5.35. The third kappa shape index (κ3) is 6.30. The molecule has 0 aliphatic carbocycles. The van der Waals surface area contributed by atoms with E-state index in [0.717, 1.165) is 35.7 Å². The molecule has 3 heterocycles. The maximum Gasteiger partial charge on any atom is 0.408 e. The average molecular weight is 535 g/mol. The number of rotatable bonds is 6. The van der Waals surface area contributed by atoms with Crippen molar-refractivity contribution in [1.29, 1.82) is 0 Å². The van der Waals surface area contributed by atoms with Crippen molar-refractivity contribution in [2.75, 3.05) is 32.2 Å². The highest BCUT2D eigenvalue weighted by Crippen LogP contribution is 2.53.